The van der Waals surface area contributed by atoms with Crippen LogP contribution in [0.1, 0.15) is 58.8 Å². The fourth-order valence-electron chi connectivity index (χ4n) is 3.06. The molecule has 1 saturated heterocycles. The highest BCUT2D eigenvalue weighted by Crippen LogP contribution is 2.32. The van der Waals surface area contributed by atoms with Gasteiger partial charge in [-0.1, -0.05) is 32.6 Å². The first kappa shape index (κ1) is 15.8. The molecule has 2 aliphatic rings. The monoisotopic (exact) mass is 295 g/mol. The molecule has 4 amide bonds. The Hall–Kier alpha value is -1.59. The van der Waals surface area contributed by atoms with Gasteiger partial charge in [-0.2, -0.15) is 0 Å². The van der Waals surface area contributed by atoms with E-state index in [2.05, 4.69) is 10.6 Å². The van der Waals surface area contributed by atoms with Crippen LogP contribution in [0, 0.1) is 0 Å². The van der Waals surface area contributed by atoms with E-state index in [4.69, 9.17) is 0 Å². The zero-order valence-corrected chi connectivity index (χ0v) is 12.9. The summed E-state index contributed by atoms with van der Waals surface area (Å²) in [4.78, 5) is 37.7. The Labute approximate surface area is 125 Å². The third-order valence-electron chi connectivity index (χ3n) is 4.52. The zero-order chi connectivity index (χ0) is 15.5. The maximum atomic E-state index is 12.6. The molecule has 2 N–H and O–H groups in total. The number of rotatable bonds is 4. The number of nitrogens with zero attached hydrogens (tertiary/aromatic N) is 1. The Kier molecular flexibility index (Phi) is 4.85. The van der Waals surface area contributed by atoms with Crippen molar-refractivity contribution >= 4 is 17.8 Å². The van der Waals surface area contributed by atoms with Crippen molar-refractivity contribution in [2.24, 2.45) is 0 Å². The Bertz CT molecular complexity index is 428. The van der Waals surface area contributed by atoms with E-state index in [0.29, 0.717) is 12.8 Å². The van der Waals surface area contributed by atoms with E-state index < -0.39 is 11.6 Å². The molecule has 0 bridgehead atoms. The van der Waals surface area contributed by atoms with Gasteiger partial charge in [0.15, 0.2) is 0 Å². The first-order valence-corrected chi connectivity index (χ1v) is 7.92. The van der Waals surface area contributed by atoms with Crippen LogP contribution in [-0.2, 0) is 9.59 Å². The molecule has 6 nitrogen and oxygen atoms in total. The lowest BCUT2D eigenvalue weighted by atomic mass is 9.90. The highest BCUT2D eigenvalue weighted by molar-refractivity contribution is 6.09. The largest absolute Gasteiger partial charge is 0.352 e. The molecule has 2 fully saturated rings. The number of carbonyl (C=O) groups excluding carboxylic acids is 3. The average Bonchev–Trinajstić information content (AvgIpc) is 2.64. The maximum Gasteiger partial charge on any atom is 0.325 e. The first-order valence-electron chi connectivity index (χ1n) is 7.92. The van der Waals surface area contributed by atoms with Gasteiger partial charge in [0, 0.05) is 6.04 Å². The van der Waals surface area contributed by atoms with E-state index in [1.165, 1.54) is 0 Å². The lowest BCUT2D eigenvalue weighted by Crippen LogP contribution is -2.47. The third-order valence-corrected chi connectivity index (χ3v) is 4.52. The number of carbonyl (C=O) groups is 3. The predicted molar refractivity (Wildman–Crippen MR) is 78.6 cm³/mol. The SMILES string of the molecule is CC[C@@H](C)NC(=O)CN1C(=O)NC2(CCCCCC2)C1=O. The van der Waals surface area contributed by atoms with Gasteiger partial charge < -0.3 is 10.6 Å². The number of nitrogens with one attached hydrogen (secondary N) is 2. The summed E-state index contributed by atoms with van der Waals surface area (Å²) in [6, 6.07) is -0.383. The van der Waals surface area contributed by atoms with E-state index in [1.54, 1.807) is 0 Å². The Morgan fingerprint density at radius 3 is 2.48 bits per heavy atom. The summed E-state index contributed by atoms with van der Waals surface area (Å²) < 4.78 is 0. The van der Waals surface area contributed by atoms with Crippen molar-refractivity contribution < 1.29 is 14.4 Å². The molecule has 1 saturated carbocycles. The molecule has 1 atom stereocenters. The van der Waals surface area contributed by atoms with Crippen molar-refractivity contribution in [3.63, 3.8) is 0 Å². The van der Waals surface area contributed by atoms with Crippen LogP contribution >= 0.6 is 0 Å². The summed E-state index contributed by atoms with van der Waals surface area (Å²) in [6.07, 6.45) is 6.26. The zero-order valence-electron chi connectivity index (χ0n) is 12.9. The number of hydrogen-bond acceptors (Lipinski definition) is 3. The van der Waals surface area contributed by atoms with Crippen LogP contribution in [0.5, 0.6) is 0 Å². The van der Waals surface area contributed by atoms with Crippen molar-refractivity contribution in [1.82, 2.24) is 15.5 Å². The third kappa shape index (κ3) is 3.36. The molecule has 0 unspecified atom stereocenters. The second-order valence-corrected chi connectivity index (χ2v) is 6.19. The average molecular weight is 295 g/mol. The van der Waals surface area contributed by atoms with E-state index in [-0.39, 0.29) is 24.4 Å². The van der Waals surface area contributed by atoms with Crippen LogP contribution < -0.4 is 10.6 Å². The highest BCUT2D eigenvalue weighted by Gasteiger charge is 2.51. The summed E-state index contributed by atoms with van der Waals surface area (Å²) in [5, 5.41) is 5.63. The van der Waals surface area contributed by atoms with Gasteiger partial charge in [-0.3, -0.25) is 14.5 Å². The molecule has 118 valence electrons. The summed E-state index contributed by atoms with van der Waals surface area (Å²) >= 11 is 0. The second-order valence-electron chi connectivity index (χ2n) is 6.19. The smallest absolute Gasteiger partial charge is 0.325 e. The molecule has 0 aromatic heterocycles. The van der Waals surface area contributed by atoms with Crippen LogP contribution in [-0.4, -0.2) is 40.9 Å². The van der Waals surface area contributed by atoms with Gasteiger partial charge in [0.1, 0.15) is 12.1 Å². The fourth-order valence-corrected chi connectivity index (χ4v) is 3.06. The van der Waals surface area contributed by atoms with Gasteiger partial charge in [0.05, 0.1) is 0 Å². The minimum absolute atomic E-state index is 0.0464. The molecular weight excluding hydrogens is 270 g/mol. The van der Waals surface area contributed by atoms with Crippen LogP contribution in [0.3, 0.4) is 0 Å². The molecule has 1 aliphatic carbocycles. The Morgan fingerprint density at radius 1 is 1.29 bits per heavy atom. The number of hydrogen-bond donors (Lipinski definition) is 2. The standard InChI is InChI=1S/C15H25N3O3/c1-3-11(2)16-12(19)10-18-13(20)15(17-14(18)21)8-6-4-5-7-9-15/h11H,3-10H2,1-2H3,(H,16,19)(H,17,21)/t11-/m1/s1. The van der Waals surface area contributed by atoms with Crippen LogP contribution in [0.2, 0.25) is 0 Å². The molecule has 1 spiro atoms. The van der Waals surface area contributed by atoms with Gasteiger partial charge in [0.2, 0.25) is 5.91 Å². The van der Waals surface area contributed by atoms with E-state index in [9.17, 15) is 14.4 Å². The molecule has 1 aliphatic heterocycles. The molecular formula is C15H25N3O3. The predicted octanol–water partition coefficient (Wildman–Crippen LogP) is 1.55. The minimum atomic E-state index is -0.760. The van der Waals surface area contributed by atoms with Crippen molar-refractivity contribution in [2.75, 3.05) is 6.54 Å². The lowest BCUT2D eigenvalue weighted by molar-refractivity contribution is -0.135. The number of amides is 4. The summed E-state index contributed by atoms with van der Waals surface area (Å²) in [6.45, 7) is 3.69. The van der Waals surface area contributed by atoms with Crippen LogP contribution in [0.4, 0.5) is 4.79 Å². The molecule has 1 heterocycles. The molecule has 0 aromatic rings. The fraction of sp³-hybridized carbons (Fsp3) is 0.800. The van der Waals surface area contributed by atoms with E-state index in [0.717, 1.165) is 37.0 Å². The van der Waals surface area contributed by atoms with E-state index in [1.807, 2.05) is 13.8 Å². The lowest BCUT2D eigenvalue weighted by Gasteiger charge is -2.24. The number of urea groups is 1. The Morgan fingerprint density at radius 2 is 1.90 bits per heavy atom. The van der Waals surface area contributed by atoms with Gasteiger partial charge in [-0.05, 0) is 26.2 Å². The van der Waals surface area contributed by atoms with Crippen molar-refractivity contribution in [3.05, 3.63) is 0 Å². The molecule has 2 rings (SSSR count). The topological polar surface area (TPSA) is 78.5 Å². The normalized spacial score (nSPS) is 22.9. The maximum absolute atomic E-state index is 12.6. The van der Waals surface area contributed by atoms with Gasteiger partial charge >= 0.3 is 6.03 Å². The summed E-state index contributed by atoms with van der Waals surface area (Å²) in [5.41, 5.74) is -0.760. The number of imide groups is 1. The second kappa shape index (κ2) is 6.45. The summed E-state index contributed by atoms with van der Waals surface area (Å²) in [7, 11) is 0. The van der Waals surface area contributed by atoms with Crippen LogP contribution in [0.25, 0.3) is 0 Å². The van der Waals surface area contributed by atoms with Gasteiger partial charge in [-0.25, -0.2) is 4.79 Å². The van der Waals surface area contributed by atoms with Crippen molar-refractivity contribution in [1.29, 1.82) is 0 Å². The van der Waals surface area contributed by atoms with Crippen LogP contribution in [0.15, 0.2) is 0 Å². The van der Waals surface area contributed by atoms with E-state index >= 15 is 0 Å². The molecule has 21 heavy (non-hydrogen) atoms. The summed E-state index contributed by atoms with van der Waals surface area (Å²) in [5.74, 6) is -0.507. The molecule has 0 aromatic carbocycles. The minimum Gasteiger partial charge on any atom is -0.352 e. The van der Waals surface area contributed by atoms with Crippen molar-refractivity contribution in [2.45, 2.75) is 70.4 Å². The molecule has 6 heteroatoms. The van der Waals surface area contributed by atoms with Crippen molar-refractivity contribution in [3.8, 4) is 0 Å². The Balaban J connectivity index is 2.02. The van der Waals surface area contributed by atoms with Gasteiger partial charge in [-0.15, -0.1) is 0 Å². The first-order chi connectivity index (χ1) is 9.98. The molecule has 0 radical (unpaired) electrons. The van der Waals surface area contributed by atoms with Gasteiger partial charge in [0.25, 0.3) is 5.91 Å². The quantitative estimate of drug-likeness (QED) is 0.772. The highest BCUT2D eigenvalue weighted by atomic mass is 16.2.